The molecular weight excluding hydrogens is 367 g/mol. The number of hydrogen-bond acceptors (Lipinski definition) is 2. The van der Waals surface area contributed by atoms with Gasteiger partial charge in [-0.15, -0.1) is 11.3 Å². The van der Waals surface area contributed by atoms with Crippen molar-refractivity contribution < 1.29 is 4.79 Å². The molecule has 4 aromatic rings. The van der Waals surface area contributed by atoms with Crippen LogP contribution in [0, 0.1) is 0 Å². The highest BCUT2D eigenvalue weighted by Crippen LogP contribution is 2.55. The van der Waals surface area contributed by atoms with Crippen molar-refractivity contribution in [3.05, 3.63) is 113 Å². The molecule has 0 aliphatic rings. The lowest BCUT2D eigenvalue weighted by atomic mass is 10.3. The third-order valence-corrected chi connectivity index (χ3v) is 9.98. The standard InChI is InChI=1S/C24H20OPS/c25-23(24-17-10-18-27-24)19-26(20-11-4-1-5-12-20,21-13-6-2-7-14-21)22-15-8-3-9-16-22/h1-18H,19H2/q+1. The van der Waals surface area contributed by atoms with Gasteiger partial charge in [-0.25, -0.2) is 0 Å². The first-order valence-corrected chi connectivity index (χ1v) is 11.8. The fourth-order valence-corrected chi connectivity index (χ4v) is 8.36. The number of carbonyl (C=O) groups excluding carboxylic acids is 1. The Labute approximate surface area is 164 Å². The summed E-state index contributed by atoms with van der Waals surface area (Å²) in [6.07, 6.45) is 0.506. The lowest BCUT2D eigenvalue weighted by Crippen LogP contribution is -2.35. The molecule has 0 amide bonds. The number of Topliss-reactive ketones (excluding diaryl/α,β-unsaturated/α-hetero) is 1. The second-order valence-corrected chi connectivity index (χ2v) is 10.8. The van der Waals surface area contributed by atoms with E-state index in [1.165, 1.54) is 27.3 Å². The summed E-state index contributed by atoms with van der Waals surface area (Å²) in [6, 6.07) is 35.5. The molecule has 0 atom stereocenters. The van der Waals surface area contributed by atoms with Crippen LogP contribution in [-0.2, 0) is 0 Å². The first-order valence-electron chi connectivity index (χ1n) is 8.92. The van der Waals surface area contributed by atoms with E-state index in [-0.39, 0.29) is 5.78 Å². The molecule has 1 nitrogen and oxygen atoms in total. The molecule has 3 heteroatoms. The fraction of sp³-hybridized carbons (Fsp3) is 0.0417. The first-order chi connectivity index (χ1) is 13.3. The third-order valence-electron chi connectivity index (χ3n) is 4.77. The first kappa shape index (κ1) is 17.9. The maximum Gasteiger partial charge on any atom is 0.210 e. The molecule has 0 N–H and O–H groups in total. The van der Waals surface area contributed by atoms with Gasteiger partial charge in [0, 0.05) is 0 Å². The van der Waals surface area contributed by atoms with Gasteiger partial charge in [0.25, 0.3) is 0 Å². The van der Waals surface area contributed by atoms with Crippen LogP contribution in [0.3, 0.4) is 0 Å². The Kier molecular flexibility index (Phi) is 5.29. The molecule has 3 aromatic carbocycles. The van der Waals surface area contributed by atoms with E-state index in [1.807, 2.05) is 35.7 Å². The summed E-state index contributed by atoms with van der Waals surface area (Å²) in [5.41, 5.74) is 0. The van der Waals surface area contributed by atoms with Crippen LogP contribution in [0.4, 0.5) is 0 Å². The lowest BCUT2D eigenvalue weighted by molar-refractivity contribution is 0.102. The van der Waals surface area contributed by atoms with E-state index in [2.05, 4.69) is 72.8 Å². The molecule has 0 unspecified atom stereocenters. The summed E-state index contributed by atoms with van der Waals surface area (Å²) < 4.78 is 0. The average Bonchev–Trinajstić information content (AvgIpc) is 3.29. The SMILES string of the molecule is O=C(C[P+](c1ccccc1)(c1ccccc1)c1ccccc1)c1cccs1. The zero-order valence-corrected chi connectivity index (χ0v) is 16.6. The molecule has 0 bridgehead atoms. The van der Waals surface area contributed by atoms with E-state index >= 15 is 0 Å². The van der Waals surface area contributed by atoms with Crippen molar-refractivity contribution in [2.45, 2.75) is 0 Å². The van der Waals surface area contributed by atoms with Gasteiger partial charge in [0.15, 0.2) is 0 Å². The predicted molar refractivity (Wildman–Crippen MR) is 119 cm³/mol. The second kappa shape index (κ2) is 8.00. The van der Waals surface area contributed by atoms with Gasteiger partial charge in [-0.1, -0.05) is 60.7 Å². The van der Waals surface area contributed by atoms with E-state index in [1.54, 1.807) is 0 Å². The van der Waals surface area contributed by atoms with Gasteiger partial charge >= 0.3 is 0 Å². The number of rotatable bonds is 6. The van der Waals surface area contributed by atoms with Gasteiger partial charge < -0.3 is 0 Å². The van der Waals surface area contributed by atoms with Crippen molar-refractivity contribution in [3.8, 4) is 0 Å². The summed E-state index contributed by atoms with van der Waals surface area (Å²) in [5, 5.41) is 5.70. The van der Waals surface area contributed by atoms with Crippen molar-refractivity contribution in [2.75, 3.05) is 6.16 Å². The number of thiophene rings is 1. The summed E-state index contributed by atoms with van der Waals surface area (Å²) in [6.45, 7) is 0. The monoisotopic (exact) mass is 387 g/mol. The van der Waals surface area contributed by atoms with Crippen LogP contribution in [0.1, 0.15) is 9.67 Å². The maximum atomic E-state index is 13.3. The second-order valence-electron chi connectivity index (χ2n) is 6.37. The topological polar surface area (TPSA) is 17.1 Å². The third kappa shape index (κ3) is 3.51. The molecule has 1 aromatic heterocycles. The predicted octanol–water partition coefficient (Wildman–Crippen LogP) is 4.92. The van der Waals surface area contributed by atoms with E-state index in [0.717, 1.165) is 4.88 Å². The van der Waals surface area contributed by atoms with E-state index in [0.29, 0.717) is 6.16 Å². The molecule has 0 aliphatic carbocycles. The van der Waals surface area contributed by atoms with E-state index in [4.69, 9.17) is 0 Å². The Morgan fingerprint density at radius 2 is 1.07 bits per heavy atom. The van der Waals surface area contributed by atoms with Crippen LogP contribution in [-0.4, -0.2) is 11.9 Å². The van der Waals surface area contributed by atoms with Gasteiger partial charge in [0.2, 0.25) is 5.78 Å². The molecular formula is C24H20OPS+. The van der Waals surface area contributed by atoms with Crippen LogP contribution < -0.4 is 15.9 Å². The Bertz CT molecular complexity index is 900. The van der Waals surface area contributed by atoms with Gasteiger partial charge in [-0.3, -0.25) is 4.79 Å². The molecule has 0 fully saturated rings. The zero-order valence-electron chi connectivity index (χ0n) is 14.9. The average molecular weight is 387 g/mol. The van der Waals surface area contributed by atoms with Crippen molar-refractivity contribution in [1.29, 1.82) is 0 Å². The van der Waals surface area contributed by atoms with Crippen molar-refractivity contribution in [2.24, 2.45) is 0 Å². The van der Waals surface area contributed by atoms with Gasteiger partial charge in [0.1, 0.15) is 29.3 Å². The van der Waals surface area contributed by atoms with Gasteiger partial charge in [0.05, 0.1) is 4.88 Å². The minimum Gasteiger partial charge on any atom is -0.289 e. The largest absolute Gasteiger partial charge is 0.289 e. The Morgan fingerprint density at radius 3 is 1.44 bits per heavy atom. The summed E-state index contributed by atoms with van der Waals surface area (Å²) in [7, 11) is -2.09. The molecule has 1 heterocycles. The highest BCUT2D eigenvalue weighted by molar-refractivity contribution is 7.96. The van der Waals surface area contributed by atoms with Crippen LogP contribution >= 0.6 is 18.6 Å². The van der Waals surface area contributed by atoms with Gasteiger partial charge in [-0.2, -0.15) is 0 Å². The number of ketones is 1. The van der Waals surface area contributed by atoms with Crippen LogP contribution in [0.2, 0.25) is 0 Å². The molecule has 0 aliphatic heterocycles. The molecule has 0 spiro atoms. The Hall–Kier alpha value is -2.54. The number of carbonyl (C=O) groups is 1. The van der Waals surface area contributed by atoms with E-state index in [9.17, 15) is 4.79 Å². The number of hydrogen-bond donors (Lipinski definition) is 0. The van der Waals surface area contributed by atoms with Crippen LogP contribution in [0.5, 0.6) is 0 Å². The minimum absolute atomic E-state index is 0.217. The van der Waals surface area contributed by atoms with Crippen molar-refractivity contribution >= 4 is 40.3 Å². The maximum absolute atomic E-state index is 13.3. The number of benzene rings is 3. The summed E-state index contributed by atoms with van der Waals surface area (Å²) in [4.78, 5) is 14.1. The highest BCUT2D eigenvalue weighted by atomic mass is 32.1. The quantitative estimate of drug-likeness (QED) is 0.339. The minimum atomic E-state index is -2.09. The molecule has 0 saturated heterocycles. The summed E-state index contributed by atoms with van der Waals surface area (Å²) in [5.74, 6) is 0.217. The molecule has 4 rings (SSSR count). The van der Waals surface area contributed by atoms with Crippen LogP contribution in [0.15, 0.2) is 109 Å². The zero-order chi connectivity index (χ0) is 18.5. The molecule has 0 radical (unpaired) electrons. The summed E-state index contributed by atoms with van der Waals surface area (Å²) >= 11 is 1.53. The van der Waals surface area contributed by atoms with Gasteiger partial charge in [-0.05, 0) is 47.8 Å². The smallest absolute Gasteiger partial charge is 0.210 e. The lowest BCUT2D eigenvalue weighted by Gasteiger charge is -2.26. The van der Waals surface area contributed by atoms with Crippen molar-refractivity contribution in [3.63, 3.8) is 0 Å². The normalized spacial score (nSPS) is 11.3. The highest BCUT2D eigenvalue weighted by Gasteiger charge is 2.47. The molecule has 0 saturated carbocycles. The van der Waals surface area contributed by atoms with Crippen molar-refractivity contribution in [1.82, 2.24) is 0 Å². The van der Waals surface area contributed by atoms with Crippen LogP contribution in [0.25, 0.3) is 0 Å². The van der Waals surface area contributed by atoms with E-state index < -0.39 is 7.26 Å². The molecule has 132 valence electrons. The molecule has 27 heavy (non-hydrogen) atoms. The fourth-order valence-electron chi connectivity index (χ4n) is 3.50. The Morgan fingerprint density at radius 1 is 0.630 bits per heavy atom. The Balaban J connectivity index is 1.96.